The van der Waals surface area contributed by atoms with Crippen molar-refractivity contribution >= 4 is 17.4 Å². The molecular formula is C16H17NO3. The fourth-order valence-electron chi connectivity index (χ4n) is 1.63. The number of nitrogens with one attached hydrogen (secondary N) is 1. The third kappa shape index (κ3) is 4.62. The topological polar surface area (TPSA) is 55.4 Å². The molecule has 4 nitrogen and oxygen atoms in total. The highest BCUT2D eigenvalue weighted by Crippen LogP contribution is 2.14. The molecule has 0 spiro atoms. The third-order valence-corrected chi connectivity index (χ3v) is 2.47. The van der Waals surface area contributed by atoms with Crippen LogP contribution in [0.5, 0.6) is 0 Å². The standard InChI is InChI=1S/C16H17NO3/c1-4-13(14-9-7-6-8-10-14)11-15(17-12(3)18)16(19)20-5-2/h1,6-11,15H,5H2,2-3H3,(H,17,18)/b13-11-/t15-/m0/s1. The maximum absolute atomic E-state index is 11.8. The summed E-state index contributed by atoms with van der Waals surface area (Å²) in [6.07, 6.45) is 7.00. The van der Waals surface area contributed by atoms with Crippen LogP contribution in [0.4, 0.5) is 0 Å². The van der Waals surface area contributed by atoms with Crippen molar-refractivity contribution in [2.24, 2.45) is 0 Å². The van der Waals surface area contributed by atoms with Crippen LogP contribution in [0.15, 0.2) is 36.4 Å². The van der Waals surface area contributed by atoms with E-state index < -0.39 is 12.0 Å². The van der Waals surface area contributed by atoms with E-state index >= 15 is 0 Å². The Labute approximate surface area is 118 Å². The normalized spacial score (nSPS) is 12.2. The van der Waals surface area contributed by atoms with E-state index in [4.69, 9.17) is 11.2 Å². The van der Waals surface area contributed by atoms with Gasteiger partial charge in [-0.2, -0.15) is 0 Å². The lowest BCUT2D eigenvalue weighted by Crippen LogP contribution is -2.39. The summed E-state index contributed by atoms with van der Waals surface area (Å²) in [5, 5.41) is 2.51. The van der Waals surface area contributed by atoms with E-state index in [1.54, 1.807) is 6.92 Å². The summed E-state index contributed by atoms with van der Waals surface area (Å²) in [4.78, 5) is 23.0. The van der Waals surface area contributed by atoms with Crippen molar-refractivity contribution < 1.29 is 14.3 Å². The Morgan fingerprint density at radius 3 is 2.55 bits per heavy atom. The van der Waals surface area contributed by atoms with Crippen LogP contribution in [0.3, 0.4) is 0 Å². The van der Waals surface area contributed by atoms with E-state index in [2.05, 4.69) is 11.2 Å². The molecule has 1 N–H and O–H groups in total. The molecule has 1 amide bonds. The first-order valence-electron chi connectivity index (χ1n) is 6.26. The summed E-state index contributed by atoms with van der Waals surface area (Å²) in [6.45, 7) is 3.27. The van der Waals surface area contributed by atoms with Crippen molar-refractivity contribution in [3.63, 3.8) is 0 Å². The molecule has 0 heterocycles. The fraction of sp³-hybridized carbons (Fsp3) is 0.250. The number of terminal acetylenes is 1. The molecule has 0 saturated heterocycles. The third-order valence-electron chi connectivity index (χ3n) is 2.47. The monoisotopic (exact) mass is 271 g/mol. The molecule has 1 atom stereocenters. The lowest BCUT2D eigenvalue weighted by atomic mass is 10.0. The average Bonchev–Trinajstić information content (AvgIpc) is 2.44. The van der Waals surface area contributed by atoms with Crippen LogP contribution >= 0.6 is 0 Å². The number of rotatable bonds is 5. The predicted octanol–water partition coefficient (Wildman–Crippen LogP) is 1.77. The van der Waals surface area contributed by atoms with E-state index in [0.29, 0.717) is 5.57 Å². The molecule has 20 heavy (non-hydrogen) atoms. The van der Waals surface area contributed by atoms with Gasteiger partial charge in [-0.15, -0.1) is 6.42 Å². The van der Waals surface area contributed by atoms with E-state index in [1.807, 2.05) is 30.3 Å². The summed E-state index contributed by atoms with van der Waals surface area (Å²) < 4.78 is 4.92. The van der Waals surface area contributed by atoms with E-state index in [1.165, 1.54) is 13.0 Å². The van der Waals surface area contributed by atoms with Crippen molar-refractivity contribution in [1.29, 1.82) is 0 Å². The SMILES string of the molecule is C#C/C(=C/[C@H](NC(C)=O)C(=O)OCC)c1ccccc1. The Morgan fingerprint density at radius 2 is 2.05 bits per heavy atom. The number of amides is 1. The summed E-state index contributed by atoms with van der Waals surface area (Å²) in [5.41, 5.74) is 1.33. The zero-order valence-electron chi connectivity index (χ0n) is 11.6. The number of esters is 1. The van der Waals surface area contributed by atoms with Crippen LogP contribution in [-0.2, 0) is 14.3 Å². The van der Waals surface area contributed by atoms with Gasteiger partial charge >= 0.3 is 5.97 Å². The van der Waals surface area contributed by atoms with Gasteiger partial charge in [0.25, 0.3) is 0 Å². The molecule has 0 aliphatic heterocycles. The van der Waals surface area contributed by atoms with Crippen LogP contribution in [-0.4, -0.2) is 24.5 Å². The van der Waals surface area contributed by atoms with Gasteiger partial charge in [0.15, 0.2) is 0 Å². The highest BCUT2D eigenvalue weighted by molar-refractivity contribution is 5.89. The highest BCUT2D eigenvalue weighted by Gasteiger charge is 2.19. The Bertz CT molecular complexity index is 541. The minimum Gasteiger partial charge on any atom is -0.464 e. The maximum Gasteiger partial charge on any atom is 0.332 e. The zero-order valence-corrected chi connectivity index (χ0v) is 11.6. The van der Waals surface area contributed by atoms with Gasteiger partial charge in [0, 0.05) is 12.5 Å². The second-order valence-electron chi connectivity index (χ2n) is 4.02. The van der Waals surface area contributed by atoms with Gasteiger partial charge in [-0.1, -0.05) is 36.3 Å². The van der Waals surface area contributed by atoms with Crippen molar-refractivity contribution in [3.05, 3.63) is 42.0 Å². The summed E-state index contributed by atoms with van der Waals surface area (Å²) in [7, 11) is 0. The molecule has 104 valence electrons. The van der Waals surface area contributed by atoms with Gasteiger partial charge in [-0.05, 0) is 18.6 Å². The molecule has 4 heteroatoms. The lowest BCUT2D eigenvalue weighted by Gasteiger charge is -2.13. The second-order valence-corrected chi connectivity index (χ2v) is 4.02. The van der Waals surface area contributed by atoms with Gasteiger partial charge in [0.1, 0.15) is 6.04 Å². The Morgan fingerprint density at radius 1 is 1.40 bits per heavy atom. The highest BCUT2D eigenvalue weighted by atomic mass is 16.5. The molecule has 0 unspecified atom stereocenters. The molecule has 0 aromatic heterocycles. The molecule has 0 fully saturated rings. The lowest BCUT2D eigenvalue weighted by molar-refractivity contribution is -0.145. The van der Waals surface area contributed by atoms with E-state index in [9.17, 15) is 9.59 Å². The van der Waals surface area contributed by atoms with Gasteiger partial charge in [0.05, 0.1) is 6.61 Å². The van der Waals surface area contributed by atoms with Crippen LogP contribution in [0.2, 0.25) is 0 Å². The Kier molecular flexibility index (Phi) is 6.05. The number of benzene rings is 1. The van der Waals surface area contributed by atoms with Crippen molar-refractivity contribution in [1.82, 2.24) is 5.32 Å². The van der Waals surface area contributed by atoms with E-state index in [-0.39, 0.29) is 12.5 Å². The molecule has 0 bridgehead atoms. The quantitative estimate of drug-likeness (QED) is 0.656. The number of ether oxygens (including phenoxy) is 1. The van der Waals surface area contributed by atoms with Gasteiger partial charge in [0.2, 0.25) is 5.91 Å². The van der Waals surface area contributed by atoms with Crippen molar-refractivity contribution in [2.45, 2.75) is 19.9 Å². The number of carbonyl (C=O) groups excluding carboxylic acids is 2. The van der Waals surface area contributed by atoms with Crippen LogP contribution in [0.1, 0.15) is 19.4 Å². The van der Waals surface area contributed by atoms with Crippen LogP contribution in [0, 0.1) is 12.3 Å². The average molecular weight is 271 g/mol. The van der Waals surface area contributed by atoms with Gasteiger partial charge in [-0.25, -0.2) is 4.79 Å². The second kappa shape index (κ2) is 7.80. The molecule has 0 saturated carbocycles. The summed E-state index contributed by atoms with van der Waals surface area (Å²) >= 11 is 0. The molecule has 0 radical (unpaired) electrons. The van der Waals surface area contributed by atoms with Crippen molar-refractivity contribution in [3.8, 4) is 12.3 Å². The molecule has 1 rings (SSSR count). The van der Waals surface area contributed by atoms with Gasteiger partial charge in [-0.3, -0.25) is 4.79 Å². The minimum absolute atomic E-state index is 0.236. The van der Waals surface area contributed by atoms with Crippen LogP contribution in [0.25, 0.3) is 5.57 Å². The minimum atomic E-state index is -0.890. The van der Waals surface area contributed by atoms with Gasteiger partial charge < -0.3 is 10.1 Å². The first kappa shape index (κ1) is 15.5. The molecule has 1 aromatic carbocycles. The summed E-state index contributed by atoms with van der Waals surface area (Å²) in [6, 6.07) is 8.34. The molecule has 0 aliphatic carbocycles. The summed E-state index contributed by atoms with van der Waals surface area (Å²) in [5.74, 6) is 1.66. The van der Waals surface area contributed by atoms with E-state index in [0.717, 1.165) is 5.56 Å². The predicted molar refractivity (Wildman–Crippen MR) is 77.5 cm³/mol. The first-order valence-corrected chi connectivity index (χ1v) is 6.26. The Balaban J connectivity index is 3.06. The van der Waals surface area contributed by atoms with Crippen molar-refractivity contribution in [2.75, 3.05) is 6.61 Å². The largest absolute Gasteiger partial charge is 0.464 e. The maximum atomic E-state index is 11.8. The van der Waals surface area contributed by atoms with Crippen LogP contribution < -0.4 is 5.32 Å². The molecule has 1 aromatic rings. The number of carbonyl (C=O) groups is 2. The fourth-order valence-corrected chi connectivity index (χ4v) is 1.63. The number of allylic oxidation sites excluding steroid dienone is 1. The first-order chi connectivity index (χ1) is 9.58. The molecular weight excluding hydrogens is 254 g/mol. The molecule has 0 aliphatic rings. The zero-order chi connectivity index (χ0) is 15.0. The number of hydrogen-bond acceptors (Lipinski definition) is 3. The smallest absolute Gasteiger partial charge is 0.332 e. The number of hydrogen-bond donors (Lipinski definition) is 1. The Hall–Kier alpha value is -2.54.